The number of carbonyl (C=O) groups is 1. The summed E-state index contributed by atoms with van der Waals surface area (Å²) in [6.07, 6.45) is 4.47. The van der Waals surface area contributed by atoms with Crippen molar-refractivity contribution >= 4 is 5.78 Å². The van der Waals surface area contributed by atoms with Gasteiger partial charge in [0.1, 0.15) is 6.61 Å². The molecular formula is C11H16O2. The van der Waals surface area contributed by atoms with E-state index in [0.717, 1.165) is 18.3 Å². The van der Waals surface area contributed by atoms with Gasteiger partial charge in [0.05, 0.1) is 5.60 Å². The van der Waals surface area contributed by atoms with Crippen LogP contribution in [0.1, 0.15) is 32.6 Å². The van der Waals surface area contributed by atoms with Crippen LogP contribution < -0.4 is 0 Å². The molecule has 3 rings (SSSR count). The number of hydrogen-bond acceptors (Lipinski definition) is 2. The summed E-state index contributed by atoms with van der Waals surface area (Å²) in [6, 6.07) is 0. The van der Waals surface area contributed by atoms with E-state index in [2.05, 4.69) is 6.92 Å². The molecule has 72 valence electrons. The van der Waals surface area contributed by atoms with Crippen LogP contribution in [-0.2, 0) is 9.53 Å². The summed E-state index contributed by atoms with van der Waals surface area (Å²) in [5, 5.41) is 0. The van der Waals surface area contributed by atoms with Crippen LogP contribution in [-0.4, -0.2) is 18.0 Å². The second-order valence-corrected chi connectivity index (χ2v) is 5.18. The first kappa shape index (κ1) is 7.98. The highest BCUT2D eigenvalue weighted by atomic mass is 16.5. The van der Waals surface area contributed by atoms with Gasteiger partial charge in [0, 0.05) is 6.42 Å². The van der Waals surface area contributed by atoms with E-state index < -0.39 is 0 Å². The first-order valence-corrected chi connectivity index (χ1v) is 5.35. The molecule has 1 aliphatic heterocycles. The maximum atomic E-state index is 11.2. The van der Waals surface area contributed by atoms with E-state index in [4.69, 9.17) is 4.74 Å². The average molecular weight is 180 g/mol. The van der Waals surface area contributed by atoms with Gasteiger partial charge < -0.3 is 4.74 Å². The largest absolute Gasteiger partial charge is 0.366 e. The van der Waals surface area contributed by atoms with Crippen LogP contribution in [0.2, 0.25) is 0 Å². The van der Waals surface area contributed by atoms with Gasteiger partial charge in [0.15, 0.2) is 5.78 Å². The maximum Gasteiger partial charge on any atom is 0.161 e. The van der Waals surface area contributed by atoms with E-state index in [9.17, 15) is 4.79 Å². The second kappa shape index (κ2) is 2.35. The molecule has 2 nitrogen and oxygen atoms in total. The van der Waals surface area contributed by atoms with Crippen molar-refractivity contribution in [2.45, 2.75) is 38.2 Å². The van der Waals surface area contributed by atoms with E-state index in [-0.39, 0.29) is 5.60 Å². The summed E-state index contributed by atoms with van der Waals surface area (Å²) in [7, 11) is 0. The summed E-state index contributed by atoms with van der Waals surface area (Å²) < 4.78 is 5.75. The summed E-state index contributed by atoms with van der Waals surface area (Å²) in [5.41, 5.74) is 0.00819. The van der Waals surface area contributed by atoms with Gasteiger partial charge >= 0.3 is 0 Å². The van der Waals surface area contributed by atoms with Crippen LogP contribution in [0.25, 0.3) is 0 Å². The lowest BCUT2D eigenvalue weighted by Gasteiger charge is -2.34. The van der Waals surface area contributed by atoms with E-state index in [1.165, 1.54) is 12.8 Å². The van der Waals surface area contributed by atoms with Crippen LogP contribution >= 0.6 is 0 Å². The predicted molar refractivity (Wildman–Crippen MR) is 48.3 cm³/mol. The van der Waals surface area contributed by atoms with E-state index in [0.29, 0.717) is 24.7 Å². The Bertz CT molecular complexity index is 259. The zero-order valence-electron chi connectivity index (χ0n) is 8.08. The maximum absolute atomic E-state index is 11.2. The fourth-order valence-corrected chi connectivity index (χ4v) is 3.71. The minimum atomic E-state index is 0.00819. The molecule has 2 heteroatoms. The molecule has 1 heterocycles. The SMILES string of the molecule is CC1CC2CC1CC21CC(=O)CO1. The molecule has 0 aromatic rings. The Morgan fingerprint density at radius 3 is 2.77 bits per heavy atom. The lowest BCUT2D eigenvalue weighted by Crippen LogP contribution is -2.36. The smallest absolute Gasteiger partial charge is 0.161 e. The van der Waals surface area contributed by atoms with Crippen LogP contribution in [0, 0.1) is 17.8 Å². The van der Waals surface area contributed by atoms with Crippen LogP contribution in [0.4, 0.5) is 0 Å². The van der Waals surface area contributed by atoms with Gasteiger partial charge in [-0.2, -0.15) is 0 Å². The summed E-state index contributed by atoms with van der Waals surface area (Å²) in [6.45, 7) is 2.73. The van der Waals surface area contributed by atoms with Crippen molar-refractivity contribution < 1.29 is 9.53 Å². The third-order valence-corrected chi connectivity index (χ3v) is 4.42. The zero-order chi connectivity index (χ0) is 9.05. The van der Waals surface area contributed by atoms with Crippen molar-refractivity contribution in [3.63, 3.8) is 0 Å². The Morgan fingerprint density at radius 1 is 1.46 bits per heavy atom. The lowest BCUT2D eigenvalue weighted by atomic mass is 9.78. The number of rotatable bonds is 0. The fraction of sp³-hybridized carbons (Fsp3) is 0.909. The highest BCUT2D eigenvalue weighted by molar-refractivity contribution is 5.82. The molecule has 3 fully saturated rings. The molecule has 0 N–H and O–H groups in total. The first-order valence-electron chi connectivity index (χ1n) is 5.35. The number of fused-ring (bicyclic) bond motifs is 3. The monoisotopic (exact) mass is 180 g/mol. The quantitative estimate of drug-likeness (QED) is 0.568. The molecule has 2 aliphatic carbocycles. The Morgan fingerprint density at radius 2 is 2.31 bits per heavy atom. The summed E-state index contributed by atoms with van der Waals surface area (Å²) >= 11 is 0. The molecule has 2 saturated carbocycles. The second-order valence-electron chi connectivity index (χ2n) is 5.18. The third-order valence-electron chi connectivity index (χ3n) is 4.42. The Hall–Kier alpha value is -0.370. The minimum Gasteiger partial charge on any atom is -0.366 e. The lowest BCUT2D eigenvalue weighted by molar-refractivity contribution is -0.117. The van der Waals surface area contributed by atoms with Crippen LogP contribution in [0.15, 0.2) is 0 Å². The van der Waals surface area contributed by atoms with Gasteiger partial charge in [-0.15, -0.1) is 0 Å². The van der Waals surface area contributed by atoms with Gasteiger partial charge in [0.2, 0.25) is 0 Å². The molecular weight excluding hydrogens is 164 g/mol. The topological polar surface area (TPSA) is 26.3 Å². The Labute approximate surface area is 78.6 Å². The minimum absolute atomic E-state index is 0.00819. The third kappa shape index (κ3) is 0.954. The van der Waals surface area contributed by atoms with Crippen molar-refractivity contribution in [1.29, 1.82) is 0 Å². The van der Waals surface area contributed by atoms with Crippen molar-refractivity contribution in [1.82, 2.24) is 0 Å². The van der Waals surface area contributed by atoms with Crippen molar-refractivity contribution in [3.05, 3.63) is 0 Å². The molecule has 4 unspecified atom stereocenters. The van der Waals surface area contributed by atoms with E-state index in [1.54, 1.807) is 0 Å². The molecule has 13 heavy (non-hydrogen) atoms. The molecule has 2 bridgehead atoms. The van der Waals surface area contributed by atoms with E-state index >= 15 is 0 Å². The Balaban J connectivity index is 1.85. The van der Waals surface area contributed by atoms with Crippen molar-refractivity contribution in [2.75, 3.05) is 6.61 Å². The number of ketones is 1. The van der Waals surface area contributed by atoms with Crippen LogP contribution in [0.5, 0.6) is 0 Å². The number of hydrogen-bond donors (Lipinski definition) is 0. The summed E-state index contributed by atoms with van der Waals surface area (Å²) in [4.78, 5) is 11.2. The average Bonchev–Trinajstić information content (AvgIpc) is 2.68. The summed E-state index contributed by atoms with van der Waals surface area (Å²) in [5.74, 6) is 2.73. The standard InChI is InChI=1S/C11H16O2/c1-7-2-9-3-8(7)4-11(9)5-10(12)6-13-11/h7-9H,2-6H2,1H3. The predicted octanol–water partition coefficient (Wildman–Crippen LogP) is 1.78. The number of carbonyl (C=O) groups excluding carboxylic acids is 1. The molecule has 0 radical (unpaired) electrons. The van der Waals surface area contributed by atoms with Gasteiger partial charge in [-0.3, -0.25) is 4.79 Å². The van der Waals surface area contributed by atoms with Crippen molar-refractivity contribution in [2.24, 2.45) is 17.8 Å². The molecule has 1 saturated heterocycles. The highest BCUT2D eigenvalue weighted by Gasteiger charge is 2.57. The molecule has 1 spiro atoms. The molecule has 3 aliphatic rings. The molecule has 4 atom stereocenters. The van der Waals surface area contributed by atoms with Gasteiger partial charge in [0.25, 0.3) is 0 Å². The van der Waals surface area contributed by atoms with Gasteiger partial charge in [-0.1, -0.05) is 6.92 Å². The molecule has 0 aromatic heterocycles. The van der Waals surface area contributed by atoms with Crippen LogP contribution in [0.3, 0.4) is 0 Å². The highest BCUT2D eigenvalue weighted by Crippen LogP contribution is 2.57. The molecule has 0 aromatic carbocycles. The fourth-order valence-electron chi connectivity index (χ4n) is 3.71. The van der Waals surface area contributed by atoms with Gasteiger partial charge in [-0.25, -0.2) is 0 Å². The zero-order valence-corrected chi connectivity index (χ0v) is 8.08. The normalized spacial score (nSPS) is 53.9. The van der Waals surface area contributed by atoms with E-state index in [1.807, 2.05) is 0 Å². The Kier molecular flexibility index (Phi) is 1.44. The number of Topliss-reactive ketones (excluding diaryl/α,β-unsaturated/α-hetero) is 1. The first-order chi connectivity index (χ1) is 6.20. The van der Waals surface area contributed by atoms with Crippen molar-refractivity contribution in [3.8, 4) is 0 Å². The van der Waals surface area contributed by atoms with Gasteiger partial charge in [-0.05, 0) is 37.0 Å². The number of ether oxygens (including phenoxy) is 1. The molecule has 0 amide bonds.